The van der Waals surface area contributed by atoms with Crippen molar-refractivity contribution < 1.29 is 0 Å². The normalized spacial score (nSPS) is 38.4. The number of rotatable bonds is 3. The van der Waals surface area contributed by atoms with Crippen molar-refractivity contribution in [2.24, 2.45) is 23.0 Å². The van der Waals surface area contributed by atoms with Crippen molar-refractivity contribution in [2.45, 2.75) is 64.7 Å². The average Bonchev–Trinajstić information content (AvgIpc) is 2.75. The second kappa shape index (κ2) is 4.86. The lowest BCUT2D eigenvalue weighted by Crippen LogP contribution is -2.36. The number of hydrogen-bond donors (Lipinski definition) is 1. The molecule has 2 N–H and O–H groups in total. The molecule has 0 saturated heterocycles. The van der Waals surface area contributed by atoms with E-state index in [-0.39, 0.29) is 0 Å². The maximum atomic E-state index is 6.06. The minimum Gasteiger partial charge on any atom is -0.330 e. The Balaban J connectivity index is 1.89. The van der Waals surface area contributed by atoms with Gasteiger partial charge in [0.1, 0.15) is 0 Å². The second-order valence-electron chi connectivity index (χ2n) is 6.24. The van der Waals surface area contributed by atoms with Gasteiger partial charge in [-0.3, -0.25) is 0 Å². The van der Waals surface area contributed by atoms with Gasteiger partial charge in [-0.15, -0.1) is 0 Å². The molecule has 0 amide bonds. The third-order valence-electron chi connectivity index (χ3n) is 4.96. The van der Waals surface area contributed by atoms with E-state index in [0.717, 1.165) is 18.4 Å². The molecule has 0 radical (unpaired) electrons. The third kappa shape index (κ3) is 2.75. The topological polar surface area (TPSA) is 26.0 Å². The number of nitrogens with two attached hydrogens (primary N) is 1. The minimum absolute atomic E-state index is 0.543. The third-order valence-corrected chi connectivity index (χ3v) is 4.96. The lowest BCUT2D eigenvalue weighted by atomic mass is 9.66. The molecule has 88 valence electrons. The molecule has 0 heterocycles. The van der Waals surface area contributed by atoms with Crippen LogP contribution in [-0.4, -0.2) is 6.54 Å². The molecule has 1 heteroatoms. The standard InChI is InChI=1S/C14H27N/c1-12-6-8-14(11-15,9-7-12)10-13-4-2-3-5-13/h12-13H,2-11,15H2,1H3. The SMILES string of the molecule is CC1CCC(CN)(CC2CCCC2)CC1. The van der Waals surface area contributed by atoms with Gasteiger partial charge >= 0.3 is 0 Å². The molecule has 2 rings (SSSR count). The van der Waals surface area contributed by atoms with Gasteiger partial charge in [0.25, 0.3) is 0 Å². The molecule has 0 aliphatic heterocycles. The van der Waals surface area contributed by atoms with Gasteiger partial charge in [0.15, 0.2) is 0 Å². The second-order valence-corrected chi connectivity index (χ2v) is 6.24. The quantitative estimate of drug-likeness (QED) is 0.753. The molecular formula is C14H27N. The van der Waals surface area contributed by atoms with E-state index < -0.39 is 0 Å². The van der Waals surface area contributed by atoms with Crippen LogP contribution in [0.3, 0.4) is 0 Å². The van der Waals surface area contributed by atoms with Crippen LogP contribution in [0.1, 0.15) is 64.7 Å². The van der Waals surface area contributed by atoms with Crippen LogP contribution in [0, 0.1) is 17.3 Å². The van der Waals surface area contributed by atoms with Crippen molar-refractivity contribution in [2.75, 3.05) is 6.54 Å². The number of hydrogen-bond acceptors (Lipinski definition) is 1. The molecule has 0 spiro atoms. The monoisotopic (exact) mass is 209 g/mol. The molecule has 2 aliphatic carbocycles. The van der Waals surface area contributed by atoms with Crippen LogP contribution in [0.15, 0.2) is 0 Å². The fourth-order valence-corrected chi connectivity index (χ4v) is 3.69. The Morgan fingerprint density at radius 2 is 1.67 bits per heavy atom. The van der Waals surface area contributed by atoms with E-state index in [0.29, 0.717) is 5.41 Å². The van der Waals surface area contributed by atoms with Crippen LogP contribution in [0.2, 0.25) is 0 Å². The first-order valence-electron chi connectivity index (χ1n) is 6.94. The zero-order valence-electron chi connectivity index (χ0n) is 10.3. The lowest BCUT2D eigenvalue weighted by Gasteiger charge is -2.40. The molecule has 2 aliphatic rings. The van der Waals surface area contributed by atoms with E-state index >= 15 is 0 Å². The maximum absolute atomic E-state index is 6.06. The van der Waals surface area contributed by atoms with Gasteiger partial charge in [-0.2, -0.15) is 0 Å². The molecule has 0 aromatic rings. The molecule has 0 bridgehead atoms. The minimum atomic E-state index is 0.543. The fourth-order valence-electron chi connectivity index (χ4n) is 3.69. The molecule has 1 nitrogen and oxygen atoms in total. The Morgan fingerprint density at radius 3 is 2.20 bits per heavy atom. The molecule has 0 aromatic carbocycles. The van der Waals surface area contributed by atoms with E-state index in [1.54, 1.807) is 0 Å². The molecule has 2 saturated carbocycles. The highest BCUT2D eigenvalue weighted by molar-refractivity contribution is 4.88. The predicted molar refractivity (Wildman–Crippen MR) is 65.7 cm³/mol. The van der Waals surface area contributed by atoms with E-state index in [9.17, 15) is 0 Å². The molecule has 0 aromatic heterocycles. The average molecular weight is 209 g/mol. The molecular weight excluding hydrogens is 182 g/mol. The van der Waals surface area contributed by atoms with Crippen molar-refractivity contribution in [1.29, 1.82) is 0 Å². The van der Waals surface area contributed by atoms with E-state index in [4.69, 9.17) is 5.73 Å². The highest BCUT2D eigenvalue weighted by Crippen LogP contribution is 2.45. The molecule has 15 heavy (non-hydrogen) atoms. The van der Waals surface area contributed by atoms with Gasteiger partial charge in [-0.1, -0.05) is 45.4 Å². The first kappa shape index (κ1) is 11.4. The van der Waals surface area contributed by atoms with Crippen molar-refractivity contribution >= 4 is 0 Å². The predicted octanol–water partition coefficient (Wildman–Crippen LogP) is 3.72. The van der Waals surface area contributed by atoms with Gasteiger partial charge in [0.05, 0.1) is 0 Å². The van der Waals surface area contributed by atoms with Gasteiger partial charge < -0.3 is 5.73 Å². The maximum Gasteiger partial charge on any atom is -0.00204 e. The first-order chi connectivity index (χ1) is 7.24. The summed E-state index contributed by atoms with van der Waals surface area (Å²) in [6, 6.07) is 0. The summed E-state index contributed by atoms with van der Waals surface area (Å²) >= 11 is 0. The molecule has 2 fully saturated rings. The Bertz CT molecular complexity index is 186. The summed E-state index contributed by atoms with van der Waals surface area (Å²) in [6.45, 7) is 3.34. The van der Waals surface area contributed by atoms with E-state index in [1.165, 1.54) is 57.8 Å². The molecule has 0 unspecified atom stereocenters. The van der Waals surface area contributed by atoms with Crippen LogP contribution in [0.4, 0.5) is 0 Å². The smallest absolute Gasteiger partial charge is 0.00204 e. The zero-order chi connectivity index (χ0) is 10.7. The van der Waals surface area contributed by atoms with Crippen LogP contribution < -0.4 is 5.73 Å². The van der Waals surface area contributed by atoms with E-state index in [2.05, 4.69) is 6.92 Å². The highest BCUT2D eigenvalue weighted by Gasteiger charge is 2.35. The summed E-state index contributed by atoms with van der Waals surface area (Å²) in [5.74, 6) is 1.97. The Kier molecular flexibility index (Phi) is 3.71. The Labute approximate surface area is 94.8 Å². The summed E-state index contributed by atoms with van der Waals surface area (Å²) in [5, 5.41) is 0. The summed E-state index contributed by atoms with van der Waals surface area (Å²) in [4.78, 5) is 0. The van der Waals surface area contributed by atoms with Crippen LogP contribution >= 0.6 is 0 Å². The van der Waals surface area contributed by atoms with Crippen LogP contribution in [-0.2, 0) is 0 Å². The van der Waals surface area contributed by atoms with Gasteiger partial charge in [0.2, 0.25) is 0 Å². The van der Waals surface area contributed by atoms with Crippen molar-refractivity contribution in [3.63, 3.8) is 0 Å². The van der Waals surface area contributed by atoms with E-state index in [1.807, 2.05) is 0 Å². The first-order valence-corrected chi connectivity index (χ1v) is 6.94. The summed E-state index contributed by atoms with van der Waals surface area (Å²) in [7, 11) is 0. The van der Waals surface area contributed by atoms with Crippen LogP contribution in [0.25, 0.3) is 0 Å². The molecule has 0 atom stereocenters. The van der Waals surface area contributed by atoms with Crippen molar-refractivity contribution in [3.05, 3.63) is 0 Å². The fraction of sp³-hybridized carbons (Fsp3) is 1.00. The van der Waals surface area contributed by atoms with Crippen molar-refractivity contribution in [1.82, 2.24) is 0 Å². The summed E-state index contributed by atoms with van der Waals surface area (Å²) < 4.78 is 0. The van der Waals surface area contributed by atoms with Gasteiger partial charge in [-0.05, 0) is 43.1 Å². The Morgan fingerprint density at radius 1 is 1.07 bits per heavy atom. The summed E-state index contributed by atoms with van der Waals surface area (Å²) in [6.07, 6.45) is 13.0. The summed E-state index contributed by atoms with van der Waals surface area (Å²) in [5.41, 5.74) is 6.60. The zero-order valence-corrected chi connectivity index (χ0v) is 10.3. The van der Waals surface area contributed by atoms with Crippen molar-refractivity contribution in [3.8, 4) is 0 Å². The lowest BCUT2D eigenvalue weighted by molar-refractivity contribution is 0.126. The van der Waals surface area contributed by atoms with Gasteiger partial charge in [-0.25, -0.2) is 0 Å². The highest BCUT2D eigenvalue weighted by atomic mass is 14.6. The Hall–Kier alpha value is -0.0400. The van der Waals surface area contributed by atoms with Crippen LogP contribution in [0.5, 0.6) is 0 Å². The van der Waals surface area contributed by atoms with Gasteiger partial charge in [0, 0.05) is 0 Å². The largest absolute Gasteiger partial charge is 0.330 e.